The first-order valence-corrected chi connectivity index (χ1v) is 15.3. The molecule has 4 heterocycles. The average Bonchev–Trinajstić information content (AvgIpc) is 3.82. The second kappa shape index (κ2) is 7.94. The molecule has 11 aromatic rings. The van der Waals surface area contributed by atoms with E-state index in [1.165, 1.54) is 98.4 Å². The third kappa shape index (κ3) is 2.63. The Bertz CT molecular complexity index is 2920. The zero-order chi connectivity index (χ0) is 28.5. The molecular weight excluding hydrogens is 532 g/mol. The average molecular weight is 557 g/mol. The molecule has 0 fully saturated rings. The molecule has 0 aliphatic rings. The van der Waals surface area contributed by atoms with Crippen molar-refractivity contribution in [3.63, 3.8) is 0 Å². The molecule has 0 bridgehead atoms. The van der Waals surface area contributed by atoms with Crippen LogP contribution in [0.15, 0.2) is 146 Å². The van der Waals surface area contributed by atoms with Crippen LogP contribution in [-0.4, -0.2) is 8.80 Å². The van der Waals surface area contributed by atoms with Gasteiger partial charge in [-0.05, 0) is 41.0 Å². The van der Waals surface area contributed by atoms with Gasteiger partial charge in [-0.2, -0.15) is 0 Å². The Morgan fingerprint density at radius 2 is 0.864 bits per heavy atom. The summed E-state index contributed by atoms with van der Waals surface area (Å²) in [4.78, 5) is 0. The summed E-state index contributed by atoms with van der Waals surface area (Å²) in [6.45, 7) is 0. The number of para-hydroxylation sites is 4. The molecule has 0 spiro atoms. The van der Waals surface area contributed by atoms with E-state index in [4.69, 9.17) is 0 Å². The molecule has 0 amide bonds. The van der Waals surface area contributed by atoms with Gasteiger partial charge in [0.05, 0.1) is 33.1 Å². The van der Waals surface area contributed by atoms with Crippen LogP contribution >= 0.6 is 0 Å². The zero-order valence-corrected chi connectivity index (χ0v) is 23.8. The van der Waals surface area contributed by atoms with Gasteiger partial charge in [0.25, 0.3) is 0 Å². The van der Waals surface area contributed by atoms with E-state index >= 15 is 0 Å². The summed E-state index contributed by atoms with van der Waals surface area (Å²) in [5.41, 5.74) is 12.7. The molecule has 11 rings (SSSR count). The second-order valence-electron chi connectivity index (χ2n) is 12.1. The van der Waals surface area contributed by atoms with Crippen molar-refractivity contribution in [3.05, 3.63) is 146 Å². The molecular formula is C42H24N2. The smallest absolute Gasteiger partial charge is 0.0620 e. The van der Waals surface area contributed by atoms with Crippen molar-refractivity contribution in [2.45, 2.75) is 0 Å². The maximum atomic E-state index is 2.51. The fraction of sp³-hybridized carbons (Fsp3) is 0. The highest BCUT2D eigenvalue weighted by molar-refractivity contribution is 6.29. The number of hydrogen-bond donors (Lipinski definition) is 0. The first-order chi connectivity index (χ1) is 21.9. The molecule has 0 saturated carbocycles. The first-order valence-electron chi connectivity index (χ1n) is 15.3. The first kappa shape index (κ1) is 22.7. The summed E-state index contributed by atoms with van der Waals surface area (Å²) in [5, 5.41) is 10.5. The summed E-state index contributed by atoms with van der Waals surface area (Å²) in [5.74, 6) is 0. The number of rotatable bonds is 2. The molecule has 0 saturated heterocycles. The standard InChI is InChI=1S/C42H24N2/c1-2-10-25(11-3-1)26-22-23-37-35(24-26)33-18-8-19-34-39-28(13-9-21-38(39)43(37)42(33)34)30-15-7-17-32-31-16-6-14-29-27-12-4-5-20-36(27)44(40(29)31)41(30)32/h1-24H. The van der Waals surface area contributed by atoms with Crippen LogP contribution in [0.5, 0.6) is 0 Å². The third-order valence-corrected chi connectivity index (χ3v) is 9.98. The number of nitrogens with zero attached hydrogens (tertiary/aromatic N) is 2. The quantitative estimate of drug-likeness (QED) is 0.200. The van der Waals surface area contributed by atoms with Crippen molar-refractivity contribution in [1.82, 2.24) is 8.80 Å². The van der Waals surface area contributed by atoms with Gasteiger partial charge in [-0.3, -0.25) is 0 Å². The van der Waals surface area contributed by atoms with Crippen LogP contribution in [0.3, 0.4) is 0 Å². The molecule has 0 aliphatic carbocycles. The van der Waals surface area contributed by atoms with Crippen molar-refractivity contribution in [2.75, 3.05) is 0 Å². The van der Waals surface area contributed by atoms with Crippen molar-refractivity contribution in [1.29, 1.82) is 0 Å². The highest BCUT2D eigenvalue weighted by Crippen LogP contribution is 2.47. The van der Waals surface area contributed by atoms with E-state index in [9.17, 15) is 0 Å². The topological polar surface area (TPSA) is 8.82 Å². The number of aromatic nitrogens is 2. The number of hydrogen-bond acceptors (Lipinski definition) is 0. The predicted molar refractivity (Wildman–Crippen MR) is 187 cm³/mol. The molecule has 202 valence electrons. The van der Waals surface area contributed by atoms with E-state index in [-0.39, 0.29) is 0 Å². The van der Waals surface area contributed by atoms with E-state index in [0.717, 1.165) is 0 Å². The van der Waals surface area contributed by atoms with Gasteiger partial charge in [0.1, 0.15) is 0 Å². The SMILES string of the molecule is c1ccc(-c2ccc3c(c2)c2cccc4c5c(-c6cccc7c8cccc9c%10ccccc%10n(c67)c98)cccc5n3c24)cc1. The molecule has 0 radical (unpaired) electrons. The second-order valence-corrected chi connectivity index (χ2v) is 12.1. The Hall–Kier alpha value is -5.86. The van der Waals surface area contributed by atoms with Crippen molar-refractivity contribution in [3.8, 4) is 22.3 Å². The van der Waals surface area contributed by atoms with Gasteiger partial charge in [0.2, 0.25) is 0 Å². The Morgan fingerprint density at radius 1 is 0.295 bits per heavy atom. The minimum absolute atomic E-state index is 1.25. The number of benzene rings is 7. The van der Waals surface area contributed by atoms with Gasteiger partial charge in [-0.1, -0.05) is 121 Å². The molecule has 2 nitrogen and oxygen atoms in total. The lowest BCUT2D eigenvalue weighted by molar-refractivity contribution is 1.36. The van der Waals surface area contributed by atoms with E-state index < -0.39 is 0 Å². The largest absolute Gasteiger partial charge is 0.308 e. The fourth-order valence-electron chi connectivity index (χ4n) is 8.25. The summed E-state index contributed by atoms with van der Waals surface area (Å²) < 4.78 is 5.01. The van der Waals surface area contributed by atoms with Crippen molar-refractivity contribution >= 4 is 76.2 Å². The highest BCUT2D eigenvalue weighted by Gasteiger charge is 2.23. The Labute approximate surface area is 252 Å². The van der Waals surface area contributed by atoms with Gasteiger partial charge in [0.15, 0.2) is 0 Å². The minimum atomic E-state index is 1.25. The summed E-state index contributed by atoms with van der Waals surface area (Å²) >= 11 is 0. The molecule has 0 N–H and O–H groups in total. The van der Waals surface area contributed by atoms with Crippen LogP contribution in [0.25, 0.3) is 98.4 Å². The third-order valence-electron chi connectivity index (χ3n) is 9.98. The maximum absolute atomic E-state index is 2.51. The summed E-state index contributed by atoms with van der Waals surface area (Å²) in [6.07, 6.45) is 0. The Kier molecular flexibility index (Phi) is 4.10. The Balaban J connectivity index is 1.28. The van der Waals surface area contributed by atoms with E-state index in [2.05, 4.69) is 154 Å². The molecule has 44 heavy (non-hydrogen) atoms. The van der Waals surface area contributed by atoms with Crippen LogP contribution < -0.4 is 0 Å². The van der Waals surface area contributed by atoms with E-state index in [1.807, 2.05) is 0 Å². The lowest BCUT2D eigenvalue weighted by Crippen LogP contribution is -1.88. The van der Waals surface area contributed by atoms with Crippen LogP contribution in [0.2, 0.25) is 0 Å². The number of fused-ring (bicyclic) bond motifs is 12. The van der Waals surface area contributed by atoms with Crippen LogP contribution in [-0.2, 0) is 0 Å². The van der Waals surface area contributed by atoms with Crippen molar-refractivity contribution in [2.24, 2.45) is 0 Å². The predicted octanol–water partition coefficient (Wildman–Crippen LogP) is 11.3. The maximum Gasteiger partial charge on any atom is 0.0620 e. The van der Waals surface area contributed by atoms with Crippen LogP contribution in [0.1, 0.15) is 0 Å². The van der Waals surface area contributed by atoms with Crippen LogP contribution in [0.4, 0.5) is 0 Å². The normalized spacial score (nSPS) is 12.5. The summed E-state index contributed by atoms with van der Waals surface area (Å²) in [7, 11) is 0. The monoisotopic (exact) mass is 556 g/mol. The Morgan fingerprint density at radius 3 is 1.73 bits per heavy atom. The van der Waals surface area contributed by atoms with Crippen molar-refractivity contribution < 1.29 is 0 Å². The molecule has 0 aliphatic heterocycles. The van der Waals surface area contributed by atoms with E-state index in [1.54, 1.807) is 0 Å². The lowest BCUT2D eigenvalue weighted by atomic mass is 9.96. The molecule has 7 aromatic carbocycles. The van der Waals surface area contributed by atoms with Gasteiger partial charge in [-0.15, -0.1) is 0 Å². The fourth-order valence-corrected chi connectivity index (χ4v) is 8.25. The van der Waals surface area contributed by atoms with Gasteiger partial charge in [-0.25, -0.2) is 0 Å². The molecule has 2 heteroatoms. The van der Waals surface area contributed by atoms with Crippen LogP contribution in [0, 0.1) is 0 Å². The zero-order valence-electron chi connectivity index (χ0n) is 23.8. The summed E-state index contributed by atoms with van der Waals surface area (Å²) in [6, 6.07) is 53.8. The molecule has 4 aromatic heterocycles. The van der Waals surface area contributed by atoms with Gasteiger partial charge in [0, 0.05) is 48.7 Å². The van der Waals surface area contributed by atoms with Gasteiger partial charge < -0.3 is 8.80 Å². The minimum Gasteiger partial charge on any atom is -0.308 e. The van der Waals surface area contributed by atoms with Gasteiger partial charge >= 0.3 is 0 Å². The van der Waals surface area contributed by atoms with E-state index in [0.29, 0.717) is 0 Å². The lowest BCUT2D eigenvalue weighted by Gasteiger charge is -2.09. The molecule has 0 unspecified atom stereocenters. The highest BCUT2D eigenvalue weighted by atomic mass is 14.9. The molecule has 0 atom stereocenters.